The first-order valence-electron chi connectivity index (χ1n) is 10.2. The summed E-state index contributed by atoms with van der Waals surface area (Å²) >= 11 is 0. The van der Waals surface area contributed by atoms with E-state index >= 15 is 0 Å². The highest BCUT2D eigenvalue weighted by Crippen LogP contribution is 2.30. The molecule has 0 fully saturated rings. The maximum absolute atomic E-state index is 12.9. The summed E-state index contributed by atoms with van der Waals surface area (Å²) in [4.78, 5) is 35.6. The average molecular weight is 502 g/mol. The number of rotatable bonds is 7. The first-order chi connectivity index (χ1) is 17.1. The van der Waals surface area contributed by atoms with Gasteiger partial charge >= 0.3 is 18.0 Å². The summed E-state index contributed by atoms with van der Waals surface area (Å²) in [6, 6.07) is 15.3. The Hall–Kier alpha value is -4.74. The van der Waals surface area contributed by atoms with E-state index < -0.39 is 35.3 Å². The van der Waals surface area contributed by atoms with Gasteiger partial charge in [0, 0.05) is 11.4 Å². The summed E-state index contributed by atoms with van der Waals surface area (Å²) in [6.45, 7) is -0.290. The monoisotopic (exact) mass is 502 g/mol. The number of amides is 3. The van der Waals surface area contributed by atoms with E-state index in [1.165, 1.54) is 48.7 Å². The van der Waals surface area contributed by atoms with Crippen molar-refractivity contribution in [1.29, 1.82) is 0 Å². The zero-order valence-electron chi connectivity index (χ0n) is 18.3. The van der Waals surface area contributed by atoms with Gasteiger partial charge in [-0.3, -0.25) is 14.4 Å². The maximum atomic E-state index is 12.9. The number of anilines is 2. The van der Waals surface area contributed by atoms with Crippen LogP contribution in [0.1, 0.15) is 11.1 Å². The molecule has 0 aliphatic carbocycles. The van der Waals surface area contributed by atoms with Crippen LogP contribution in [0, 0.1) is 5.82 Å². The molecule has 0 aliphatic heterocycles. The van der Waals surface area contributed by atoms with Crippen LogP contribution in [0.2, 0.25) is 0 Å². The number of nitrogens with one attached hydrogen (secondary N) is 3. The number of hydrogen-bond donors (Lipinski definition) is 3. The predicted molar refractivity (Wildman–Crippen MR) is 123 cm³/mol. The Labute approximate surface area is 202 Å². The summed E-state index contributed by atoms with van der Waals surface area (Å²) in [6.07, 6.45) is -3.37. The first-order valence-corrected chi connectivity index (χ1v) is 10.2. The van der Waals surface area contributed by atoms with Crippen molar-refractivity contribution >= 4 is 35.3 Å². The molecule has 8 nitrogen and oxygen atoms in total. The van der Waals surface area contributed by atoms with Gasteiger partial charge in [0.1, 0.15) is 11.6 Å². The maximum Gasteiger partial charge on any atom is 0.416 e. The molecule has 0 bridgehead atoms. The molecule has 0 saturated heterocycles. The smallest absolute Gasteiger partial charge is 0.416 e. The van der Waals surface area contributed by atoms with Crippen molar-refractivity contribution in [3.8, 4) is 5.75 Å². The van der Waals surface area contributed by atoms with Gasteiger partial charge in [0.05, 0.1) is 11.8 Å². The van der Waals surface area contributed by atoms with Crippen molar-refractivity contribution in [1.82, 2.24) is 5.43 Å². The Morgan fingerprint density at radius 3 is 2.22 bits per heavy atom. The molecule has 0 atom stereocenters. The Morgan fingerprint density at radius 1 is 0.861 bits per heavy atom. The topological polar surface area (TPSA) is 109 Å². The SMILES string of the molecule is O=C(COc1ccc(/C=N\NC(=O)C(=O)Nc2cccc(C(F)(F)F)c2)cc1)Nc1ccc(F)cc1. The van der Waals surface area contributed by atoms with Gasteiger partial charge in [-0.1, -0.05) is 6.07 Å². The van der Waals surface area contributed by atoms with Gasteiger partial charge in [-0.05, 0) is 72.3 Å². The fourth-order valence-electron chi connectivity index (χ4n) is 2.71. The zero-order valence-corrected chi connectivity index (χ0v) is 18.3. The van der Waals surface area contributed by atoms with E-state index in [9.17, 15) is 31.9 Å². The molecule has 3 amide bonds. The first kappa shape index (κ1) is 25.9. The van der Waals surface area contributed by atoms with Crippen LogP contribution in [0.25, 0.3) is 0 Å². The Bertz CT molecular complexity index is 1260. The lowest BCUT2D eigenvalue weighted by molar-refractivity contribution is -0.137. The quantitative estimate of drug-likeness (QED) is 0.197. The lowest BCUT2D eigenvalue weighted by Gasteiger charge is -2.09. The molecule has 186 valence electrons. The minimum Gasteiger partial charge on any atom is -0.484 e. The van der Waals surface area contributed by atoms with Crippen LogP contribution >= 0.6 is 0 Å². The van der Waals surface area contributed by atoms with Crippen molar-refractivity contribution in [2.45, 2.75) is 6.18 Å². The molecular weight excluding hydrogens is 484 g/mol. The normalized spacial score (nSPS) is 11.1. The molecule has 0 saturated carbocycles. The predicted octanol–water partition coefficient (Wildman–Crippen LogP) is 3.95. The molecule has 0 unspecified atom stereocenters. The summed E-state index contributed by atoms with van der Waals surface area (Å²) in [5.41, 5.74) is 1.72. The Kier molecular flexibility index (Phi) is 8.34. The van der Waals surface area contributed by atoms with E-state index in [0.717, 1.165) is 12.1 Å². The largest absolute Gasteiger partial charge is 0.484 e. The molecule has 36 heavy (non-hydrogen) atoms. The fraction of sp³-hybridized carbons (Fsp3) is 0.0833. The Balaban J connectivity index is 1.44. The van der Waals surface area contributed by atoms with Gasteiger partial charge in [0.25, 0.3) is 5.91 Å². The molecule has 0 radical (unpaired) electrons. The molecular formula is C24H18F4N4O4. The second-order valence-electron chi connectivity index (χ2n) is 7.14. The van der Waals surface area contributed by atoms with E-state index in [1.54, 1.807) is 12.1 Å². The number of hydrazone groups is 1. The third-order valence-corrected chi connectivity index (χ3v) is 4.41. The number of halogens is 4. The molecule has 3 aromatic rings. The zero-order chi connectivity index (χ0) is 26.1. The summed E-state index contributed by atoms with van der Waals surface area (Å²) in [7, 11) is 0. The summed E-state index contributed by atoms with van der Waals surface area (Å²) in [5.74, 6) is -2.89. The third kappa shape index (κ3) is 7.94. The van der Waals surface area contributed by atoms with Gasteiger partial charge in [0.15, 0.2) is 6.61 Å². The molecule has 0 heterocycles. The minimum absolute atomic E-state index is 0.198. The molecule has 3 N–H and O–H groups in total. The number of ether oxygens (including phenoxy) is 1. The molecule has 3 aromatic carbocycles. The van der Waals surface area contributed by atoms with Crippen molar-refractivity contribution in [2.24, 2.45) is 5.10 Å². The Morgan fingerprint density at radius 2 is 1.56 bits per heavy atom. The van der Waals surface area contributed by atoms with E-state index in [2.05, 4.69) is 15.7 Å². The third-order valence-electron chi connectivity index (χ3n) is 4.41. The fourth-order valence-corrected chi connectivity index (χ4v) is 2.71. The van der Waals surface area contributed by atoms with Crippen molar-refractivity contribution in [2.75, 3.05) is 17.2 Å². The van der Waals surface area contributed by atoms with Crippen molar-refractivity contribution in [3.05, 3.63) is 89.7 Å². The van der Waals surface area contributed by atoms with Crippen LogP contribution < -0.4 is 20.8 Å². The molecule has 0 spiro atoms. The van der Waals surface area contributed by atoms with E-state index in [-0.39, 0.29) is 12.3 Å². The highest BCUT2D eigenvalue weighted by atomic mass is 19.4. The van der Waals surface area contributed by atoms with Gasteiger partial charge in [-0.25, -0.2) is 9.82 Å². The molecule has 0 aliphatic rings. The van der Waals surface area contributed by atoms with Gasteiger partial charge in [-0.15, -0.1) is 0 Å². The van der Waals surface area contributed by atoms with Gasteiger partial charge in [0.2, 0.25) is 0 Å². The molecule has 3 rings (SSSR count). The number of benzene rings is 3. The number of carbonyl (C=O) groups excluding carboxylic acids is 3. The standard InChI is InChI=1S/C24H18F4N4O4/c25-17-6-8-18(9-7-17)30-21(33)14-36-20-10-4-15(5-11-20)13-29-32-23(35)22(34)31-19-3-1-2-16(12-19)24(26,27)28/h1-13H,14H2,(H,30,33)(H,31,34)(H,32,35)/b29-13-. The molecule has 12 heteroatoms. The molecule has 0 aromatic heterocycles. The van der Waals surface area contributed by atoms with Crippen LogP contribution in [0.4, 0.5) is 28.9 Å². The van der Waals surface area contributed by atoms with E-state index in [4.69, 9.17) is 4.74 Å². The number of carbonyl (C=O) groups is 3. The van der Waals surface area contributed by atoms with Crippen LogP contribution in [-0.4, -0.2) is 30.5 Å². The van der Waals surface area contributed by atoms with Crippen molar-refractivity contribution < 1.29 is 36.7 Å². The minimum atomic E-state index is -4.59. The number of nitrogens with zero attached hydrogens (tertiary/aromatic N) is 1. The highest BCUT2D eigenvalue weighted by molar-refractivity contribution is 6.39. The summed E-state index contributed by atoms with van der Waals surface area (Å²) in [5, 5.41) is 8.23. The second-order valence-corrected chi connectivity index (χ2v) is 7.14. The van der Waals surface area contributed by atoms with Crippen LogP contribution in [0.3, 0.4) is 0 Å². The van der Waals surface area contributed by atoms with Gasteiger partial charge in [-0.2, -0.15) is 18.3 Å². The number of hydrogen-bond acceptors (Lipinski definition) is 5. The van der Waals surface area contributed by atoms with Crippen LogP contribution in [0.5, 0.6) is 5.75 Å². The second kappa shape index (κ2) is 11.6. The van der Waals surface area contributed by atoms with E-state index in [0.29, 0.717) is 23.1 Å². The van der Waals surface area contributed by atoms with Gasteiger partial charge < -0.3 is 15.4 Å². The number of alkyl halides is 3. The lowest BCUT2D eigenvalue weighted by atomic mass is 10.2. The van der Waals surface area contributed by atoms with Crippen molar-refractivity contribution in [3.63, 3.8) is 0 Å². The highest BCUT2D eigenvalue weighted by Gasteiger charge is 2.30. The summed E-state index contributed by atoms with van der Waals surface area (Å²) < 4.78 is 56.5. The van der Waals surface area contributed by atoms with Crippen LogP contribution in [0.15, 0.2) is 77.9 Å². The van der Waals surface area contributed by atoms with Crippen LogP contribution in [-0.2, 0) is 20.6 Å². The lowest BCUT2D eigenvalue weighted by Crippen LogP contribution is -2.32. The average Bonchev–Trinajstić information content (AvgIpc) is 2.84. The van der Waals surface area contributed by atoms with E-state index in [1.807, 2.05) is 5.43 Å².